The van der Waals surface area contributed by atoms with Crippen LogP contribution in [0.25, 0.3) is 0 Å². The van der Waals surface area contributed by atoms with Gasteiger partial charge in [-0.05, 0) is 71.5 Å². The van der Waals surface area contributed by atoms with E-state index in [0.717, 1.165) is 39.2 Å². The number of urea groups is 1. The Hall–Kier alpha value is -6.86. The normalized spacial score (nSPS) is 12.8. The number of nitrogens with two attached hydrogens (primary N) is 2. The van der Waals surface area contributed by atoms with Crippen molar-refractivity contribution < 1.29 is 19.4 Å². The van der Waals surface area contributed by atoms with Crippen molar-refractivity contribution in [3.8, 4) is 0 Å². The number of carbonyl (C=O) groups is 3. The summed E-state index contributed by atoms with van der Waals surface area (Å²) in [4.78, 5) is 62.9. The van der Waals surface area contributed by atoms with Crippen LogP contribution >= 0.6 is 0 Å². The Balaban J connectivity index is 1.35. The predicted molar refractivity (Wildman–Crippen MR) is 210 cm³/mol. The summed E-state index contributed by atoms with van der Waals surface area (Å²) in [7, 11) is 0. The van der Waals surface area contributed by atoms with Gasteiger partial charge in [0.1, 0.15) is 6.04 Å². The molecule has 0 radical (unpaired) electrons. The quantitative estimate of drug-likeness (QED) is 0.0582. The van der Waals surface area contributed by atoms with Gasteiger partial charge in [-0.3, -0.25) is 14.5 Å². The molecule has 5 aromatic rings. The maximum atomic E-state index is 15.0. The van der Waals surface area contributed by atoms with E-state index in [4.69, 9.17) is 11.5 Å². The Morgan fingerprint density at radius 2 is 1.31 bits per heavy atom. The van der Waals surface area contributed by atoms with Crippen LogP contribution in [0.5, 0.6) is 0 Å². The molecule has 0 saturated heterocycles. The number of anilines is 2. The van der Waals surface area contributed by atoms with Gasteiger partial charge in [-0.2, -0.15) is 4.99 Å². The lowest BCUT2D eigenvalue weighted by Gasteiger charge is -2.33. The molecule has 5 N–H and O–H groups in total. The van der Waals surface area contributed by atoms with Crippen LogP contribution in [-0.4, -0.2) is 51.2 Å². The van der Waals surface area contributed by atoms with Crippen LogP contribution in [-0.2, 0) is 29.2 Å². The fourth-order valence-corrected chi connectivity index (χ4v) is 6.86. The van der Waals surface area contributed by atoms with Gasteiger partial charge in [0.2, 0.25) is 5.91 Å². The summed E-state index contributed by atoms with van der Waals surface area (Å²) in [6.45, 7) is 0.929. The Morgan fingerprint density at radius 3 is 1.84 bits per heavy atom. The lowest BCUT2D eigenvalue weighted by molar-refractivity contribution is -0.525. The third-order valence-electron chi connectivity index (χ3n) is 9.41. The summed E-state index contributed by atoms with van der Waals surface area (Å²) >= 11 is 0. The van der Waals surface area contributed by atoms with Gasteiger partial charge in [-0.25, -0.2) is 14.9 Å². The number of rotatable bonds is 13. The average Bonchev–Trinajstić information content (AvgIpc) is 3.63. The van der Waals surface area contributed by atoms with Crippen LogP contribution in [0.1, 0.15) is 46.6 Å². The number of nitro groups is 1. The van der Waals surface area contributed by atoms with Crippen molar-refractivity contribution in [2.45, 2.75) is 44.4 Å². The number of fused-ring (bicyclic) bond motifs is 1. The van der Waals surface area contributed by atoms with Crippen molar-refractivity contribution in [1.82, 2.24) is 15.2 Å². The van der Waals surface area contributed by atoms with Crippen LogP contribution in [0.3, 0.4) is 0 Å². The number of hydrogen-bond donors (Lipinski definition) is 3. The number of carbonyl (C=O) groups excluding carboxylic acids is 3. The number of nitrogens with one attached hydrogen (secondary N) is 1. The number of aliphatic imine (C=N–C) groups is 1. The van der Waals surface area contributed by atoms with E-state index in [9.17, 15) is 19.7 Å². The molecule has 0 aliphatic carbocycles. The predicted octanol–water partition coefficient (Wildman–Crippen LogP) is 5.85. The van der Waals surface area contributed by atoms with E-state index in [2.05, 4.69) is 4.99 Å². The molecule has 1 aliphatic heterocycles. The zero-order chi connectivity index (χ0) is 38.7. The molecule has 1 heterocycles. The molecule has 55 heavy (non-hydrogen) atoms. The standard InChI is InChI=1S/C42H42N8O5/c43-25-13-22-37(39(51)45-41(44)46-50(54)55)48(40(52)38(31-14-5-1-6-15-31)32-16-7-2-8-17-32)27-30-23-24-33-28-47(29-34(33)26-30)42(53)49(35-18-9-3-10-19-35)36-20-11-4-12-21-36/h1-12,14-21,23-24,26,37-38H,13,22,25,27-29,43H2,(H3,44,45,46,51)/t37-/m0/s1. The molecule has 5 aromatic carbocycles. The summed E-state index contributed by atoms with van der Waals surface area (Å²) in [6.07, 6.45) is 0.495. The topological polar surface area (TPSA) is 181 Å². The van der Waals surface area contributed by atoms with Crippen LogP contribution in [0.4, 0.5) is 16.2 Å². The molecule has 1 atom stereocenters. The van der Waals surface area contributed by atoms with E-state index in [-0.39, 0.29) is 31.4 Å². The highest BCUT2D eigenvalue weighted by Gasteiger charge is 2.36. The maximum absolute atomic E-state index is 15.0. The summed E-state index contributed by atoms with van der Waals surface area (Å²) in [5.41, 5.74) is 18.8. The molecular weight excluding hydrogens is 697 g/mol. The highest BCUT2D eigenvalue weighted by molar-refractivity contribution is 6.00. The smallest absolute Gasteiger partial charge is 0.329 e. The molecule has 13 heteroatoms. The number of hydrazine groups is 1. The zero-order valence-corrected chi connectivity index (χ0v) is 30.1. The molecule has 0 spiro atoms. The van der Waals surface area contributed by atoms with Crippen LogP contribution in [0.15, 0.2) is 145 Å². The second-order valence-electron chi connectivity index (χ2n) is 13.1. The van der Waals surface area contributed by atoms with Crippen molar-refractivity contribution in [3.05, 3.63) is 177 Å². The maximum Gasteiger partial charge on any atom is 0.329 e. The molecule has 0 aromatic heterocycles. The molecule has 0 unspecified atom stereocenters. The summed E-state index contributed by atoms with van der Waals surface area (Å²) in [5.74, 6) is -2.70. The number of hydrogen-bond acceptors (Lipinski definition) is 6. The number of guanidine groups is 1. The molecule has 6 rings (SSSR count). The third-order valence-corrected chi connectivity index (χ3v) is 9.41. The first kappa shape index (κ1) is 37.9. The van der Waals surface area contributed by atoms with E-state index in [1.54, 1.807) is 15.2 Å². The molecule has 1 aliphatic rings. The van der Waals surface area contributed by atoms with Crippen molar-refractivity contribution >= 4 is 35.2 Å². The molecular formula is C42H42N8O5. The lowest BCUT2D eigenvalue weighted by atomic mass is 9.89. The average molecular weight is 739 g/mol. The molecule has 280 valence electrons. The number of benzene rings is 5. The monoisotopic (exact) mass is 738 g/mol. The molecule has 0 fully saturated rings. The minimum absolute atomic E-state index is 0.00451. The fraction of sp³-hybridized carbons (Fsp3) is 0.190. The first-order chi connectivity index (χ1) is 26.7. The second kappa shape index (κ2) is 17.8. The second-order valence-corrected chi connectivity index (χ2v) is 13.1. The van der Waals surface area contributed by atoms with Gasteiger partial charge >= 0.3 is 6.03 Å². The minimum atomic E-state index is -1.16. The third kappa shape index (κ3) is 9.21. The molecule has 0 saturated carbocycles. The van der Waals surface area contributed by atoms with Gasteiger partial charge in [0.25, 0.3) is 11.9 Å². The van der Waals surface area contributed by atoms with Crippen molar-refractivity contribution in [2.24, 2.45) is 16.5 Å². The van der Waals surface area contributed by atoms with Crippen LogP contribution < -0.4 is 21.8 Å². The number of amides is 4. The van der Waals surface area contributed by atoms with Gasteiger partial charge in [-0.15, -0.1) is 0 Å². The van der Waals surface area contributed by atoms with Gasteiger partial charge in [-0.1, -0.05) is 121 Å². The summed E-state index contributed by atoms with van der Waals surface area (Å²) in [6, 6.07) is 41.9. The van der Waals surface area contributed by atoms with Crippen molar-refractivity contribution in [1.29, 1.82) is 0 Å². The fourth-order valence-electron chi connectivity index (χ4n) is 6.86. The lowest BCUT2D eigenvalue weighted by Crippen LogP contribution is -2.47. The van der Waals surface area contributed by atoms with E-state index >= 15 is 4.79 Å². The van der Waals surface area contributed by atoms with E-state index in [0.29, 0.717) is 19.5 Å². The SMILES string of the molecule is NCCC[C@@H](C(=O)N=C(N)N[N+](=O)[O-])N(Cc1ccc2c(c1)CN(C(=O)N(c1ccccc1)c1ccccc1)C2)C(=O)C(c1ccccc1)c1ccccc1. The number of nitrogens with zero attached hydrogens (tertiary/aromatic N) is 5. The Kier molecular flexibility index (Phi) is 12.2. The van der Waals surface area contributed by atoms with Gasteiger partial charge in [0.15, 0.2) is 5.03 Å². The summed E-state index contributed by atoms with van der Waals surface area (Å²) in [5, 5.41) is 10.2. The van der Waals surface area contributed by atoms with Crippen LogP contribution in [0.2, 0.25) is 0 Å². The van der Waals surface area contributed by atoms with Gasteiger partial charge in [0, 0.05) is 19.6 Å². The minimum Gasteiger partial charge on any atom is -0.365 e. The first-order valence-corrected chi connectivity index (χ1v) is 17.9. The highest BCUT2D eigenvalue weighted by atomic mass is 16.7. The Labute approximate surface area is 319 Å². The first-order valence-electron chi connectivity index (χ1n) is 17.9. The highest BCUT2D eigenvalue weighted by Crippen LogP contribution is 2.33. The van der Waals surface area contributed by atoms with E-state index in [1.165, 1.54) is 4.90 Å². The molecule has 0 bridgehead atoms. The molecule has 4 amide bonds. The van der Waals surface area contributed by atoms with Crippen molar-refractivity contribution in [3.63, 3.8) is 0 Å². The van der Waals surface area contributed by atoms with Gasteiger partial charge in [0.05, 0.1) is 17.3 Å². The van der Waals surface area contributed by atoms with Gasteiger partial charge < -0.3 is 21.3 Å². The Bertz CT molecular complexity index is 2060. The van der Waals surface area contributed by atoms with E-state index < -0.39 is 28.9 Å². The zero-order valence-electron chi connectivity index (χ0n) is 30.1. The molecule has 13 nitrogen and oxygen atoms in total. The van der Waals surface area contributed by atoms with Crippen molar-refractivity contribution in [2.75, 3.05) is 11.4 Å². The largest absolute Gasteiger partial charge is 0.365 e. The summed E-state index contributed by atoms with van der Waals surface area (Å²) < 4.78 is 0. The van der Waals surface area contributed by atoms with E-state index in [1.807, 2.05) is 140 Å². The van der Waals surface area contributed by atoms with Crippen LogP contribution in [0, 0.1) is 10.1 Å². The number of para-hydroxylation sites is 2. The Morgan fingerprint density at radius 1 is 0.782 bits per heavy atom.